The first kappa shape index (κ1) is 14.6. The van der Waals surface area contributed by atoms with Crippen LogP contribution in [0.5, 0.6) is 0 Å². The van der Waals surface area contributed by atoms with E-state index in [1.54, 1.807) is 11.1 Å². The van der Waals surface area contributed by atoms with Gasteiger partial charge in [-0.1, -0.05) is 12.1 Å². The molecule has 1 aliphatic heterocycles. The number of carbonyl (C=O) groups excluding carboxylic acids is 1. The molecular weight excluding hydrogens is 288 g/mol. The Labute approximate surface area is 136 Å². The molecule has 0 radical (unpaired) electrons. The SMILES string of the molecule is CN(Cc1cnc2ccccc2n1)C(=O)CN1C[C@@H]2CC[C@H]1C2. The molecule has 2 aromatic rings. The summed E-state index contributed by atoms with van der Waals surface area (Å²) in [4.78, 5) is 25.6. The molecule has 1 aromatic heterocycles. The number of likely N-dealkylation sites (N-methyl/N-ethyl adjacent to an activating group) is 1. The van der Waals surface area contributed by atoms with E-state index < -0.39 is 0 Å². The fourth-order valence-electron chi connectivity index (χ4n) is 3.92. The minimum absolute atomic E-state index is 0.174. The highest BCUT2D eigenvalue weighted by molar-refractivity contribution is 5.78. The third-order valence-corrected chi connectivity index (χ3v) is 5.18. The first-order valence-electron chi connectivity index (χ1n) is 8.38. The van der Waals surface area contributed by atoms with Gasteiger partial charge in [0.1, 0.15) is 0 Å². The second-order valence-corrected chi connectivity index (χ2v) is 6.86. The van der Waals surface area contributed by atoms with E-state index in [9.17, 15) is 4.79 Å². The molecule has 2 aliphatic rings. The average molecular weight is 310 g/mol. The maximum atomic E-state index is 12.5. The summed E-state index contributed by atoms with van der Waals surface area (Å²) in [6.07, 6.45) is 5.66. The van der Waals surface area contributed by atoms with Crippen LogP contribution in [0.2, 0.25) is 0 Å². The van der Waals surface area contributed by atoms with E-state index in [1.165, 1.54) is 19.3 Å². The van der Waals surface area contributed by atoms with Crippen LogP contribution in [-0.4, -0.2) is 51.9 Å². The van der Waals surface area contributed by atoms with Crippen LogP contribution in [0.15, 0.2) is 30.5 Å². The van der Waals surface area contributed by atoms with Crippen molar-refractivity contribution in [1.29, 1.82) is 0 Å². The van der Waals surface area contributed by atoms with Gasteiger partial charge in [0, 0.05) is 19.6 Å². The molecule has 2 bridgehead atoms. The number of likely N-dealkylation sites (tertiary alicyclic amines) is 1. The molecule has 0 N–H and O–H groups in total. The zero-order valence-corrected chi connectivity index (χ0v) is 13.5. The molecule has 0 unspecified atom stereocenters. The number of hydrogen-bond acceptors (Lipinski definition) is 4. The number of nitrogens with zero attached hydrogens (tertiary/aromatic N) is 4. The normalized spacial score (nSPS) is 23.5. The van der Waals surface area contributed by atoms with E-state index in [1.807, 2.05) is 31.3 Å². The number of benzene rings is 1. The Kier molecular flexibility index (Phi) is 3.73. The van der Waals surface area contributed by atoms with Gasteiger partial charge in [-0.25, -0.2) is 4.98 Å². The van der Waals surface area contributed by atoms with Crippen molar-refractivity contribution in [1.82, 2.24) is 19.8 Å². The van der Waals surface area contributed by atoms with Gasteiger partial charge in [-0.05, 0) is 37.3 Å². The van der Waals surface area contributed by atoms with Gasteiger partial charge in [-0.15, -0.1) is 0 Å². The first-order valence-corrected chi connectivity index (χ1v) is 8.38. The molecule has 5 nitrogen and oxygen atoms in total. The number of para-hydroxylation sites is 2. The molecule has 2 heterocycles. The summed E-state index contributed by atoms with van der Waals surface area (Å²) in [5, 5.41) is 0. The highest BCUT2D eigenvalue weighted by Gasteiger charge is 2.38. The molecule has 2 atom stereocenters. The van der Waals surface area contributed by atoms with Gasteiger partial charge < -0.3 is 4.90 Å². The third-order valence-electron chi connectivity index (χ3n) is 5.18. The van der Waals surface area contributed by atoms with E-state index in [0.29, 0.717) is 19.1 Å². The predicted molar refractivity (Wildman–Crippen MR) is 88.7 cm³/mol. The van der Waals surface area contributed by atoms with E-state index in [4.69, 9.17) is 0 Å². The van der Waals surface area contributed by atoms with Crippen LogP contribution >= 0.6 is 0 Å². The molecule has 1 saturated carbocycles. The summed E-state index contributed by atoms with van der Waals surface area (Å²) in [5.41, 5.74) is 2.60. The molecule has 1 aromatic carbocycles. The van der Waals surface area contributed by atoms with Gasteiger partial charge in [0.2, 0.25) is 5.91 Å². The van der Waals surface area contributed by atoms with E-state index in [2.05, 4.69) is 14.9 Å². The van der Waals surface area contributed by atoms with Crippen LogP contribution in [-0.2, 0) is 11.3 Å². The monoisotopic (exact) mass is 310 g/mol. The quantitative estimate of drug-likeness (QED) is 0.867. The zero-order chi connectivity index (χ0) is 15.8. The van der Waals surface area contributed by atoms with Crippen LogP contribution in [0.3, 0.4) is 0 Å². The fraction of sp³-hybridized carbons (Fsp3) is 0.500. The van der Waals surface area contributed by atoms with Gasteiger partial charge >= 0.3 is 0 Å². The molecule has 23 heavy (non-hydrogen) atoms. The Hall–Kier alpha value is -2.01. The molecule has 2 fully saturated rings. The van der Waals surface area contributed by atoms with Crippen LogP contribution < -0.4 is 0 Å². The highest BCUT2D eigenvalue weighted by atomic mass is 16.2. The highest BCUT2D eigenvalue weighted by Crippen LogP contribution is 2.37. The molecule has 1 saturated heterocycles. The largest absolute Gasteiger partial charge is 0.339 e. The lowest BCUT2D eigenvalue weighted by atomic mass is 10.1. The summed E-state index contributed by atoms with van der Waals surface area (Å²) in [7, 11) is 1.85. The fourth-order valence-corrected chi connectivity index (χ4v) is 3.92. The average Bonchev–Trinajstić information content (AvgIpc) is 3.17. The maximum Gasteiger partial charge on any atom is 0.236 e. The van der Waals surface area contributed by atoms with Gasteiger partial charge in [-0.2, -0.15) is 0 Å². The van der Waals surface area contributed by atoms with Crippen molar-refractivity contribution in [2.24, 2.45) is 5.92 Å². The molecule has 120 valence electrons. The predicted octanol–water partition coefficient (Wildman–Crippen LogP) is 2.07. The minimum Gasteiger partial charge on any atom is -0.339 e. The van der Waals surface area contributed by atoms with Crippen molar-refractivity contribution in [3.63, 3.8) is 0 Å². The zero-order valence-electron chi connectivity index (χ0n) is 13.5. The van der Waals surface area contributed by atoms with Crippen molar-refractivity contribution in [2.45, 2.75) is 31.8 Å². The van der Waals surface area contributed by atoms with Crippen LogP contribution in [0.25, 0.3) is 11.0 Å². The summed E-state index contributed by atoms with van der Waals surface area (Å²) in [5.74, 6) is 0.997. The number of hydrogen-bond donors (Lipinski definition) is 0. The lowest BCUT2D eigenvalue weighted by molar-refractivity contribution is -0.132. The van der Waals surface area contributed by atoms with Crippen LogP contribution in [0, 0.1) is 5.92 Å². The number of aromatic nitrogens is 2. The Morgan fingerprint density at radius 3 is 2.87 bits per heavy atom. The Balaban J connectivity index is 1.39. The van der Waals surface area contributed by atoms with Crippen molar-refractivity contribution in [2.75, 3.05) is 20.1 Å². The van der Waals surface area contributed by atoms with E-state index >= 15 is 0 Å². The lowest BCUT2D eigenvalue weighted by Crippen LogP contribution is -2.41. The number of fused-ring (bicyclic) bond motifs is 3. The maximum absolute atomic E-state index is 12.5. The lowest BCUT2D eigenvalue weighted by Gasteiger charge is -2.28. The summed E-state index contributed by atoms with van der Waals surface area (Å²) < 4.78 is 0. The van der Waals surface area contributed by atoms with Crippen LogP contribution in [0.4, 0.5) is 0 Å². The van der Waals surface area contributed by atoms with Crippen LogP contribution in [0.1, 0.15) is 25.0 Å². The molecule has 4 rings (SSSR count). The molecule has 1 amide bonds. The smallest absolute Gasteiger partial charge is 0.236 e. The van der Waals surface area contributed by atoms with Crippen molar-refractivity contribution < 1.29 is 4.79 Å². The molecule has 0 spiro atoms. The van der Waals surface area contributed by atoms with Gasteiger partial charge in [0.05, 0.1) is 36.0 Å². The summed E-state index contributed by atoms with van der Waals surface area (Å²) in [6.45, 7) is 2.15. The van der Waals surface area contributed by atoms with Gasteiger partial charge in [0.25, 0.3) is 0 Å². The molecule has 1 aliphatic carbocycles. The van der Waals surface area contributed by atoms with Crippen molar-refractivity contribution >= 4 is 16.9 Å². The summed E-state index contributed by atoms with van der Waals surface area (Å²) in [6, 6.07) is 8.45. The Bertz CT molecular complexity index is 732. The van der Waals surface area contributed by atoms with E-state index in [-0.39, 0.29) is 5.91 Å². The van der Waals surface area contributed by atoms with Gasteiger partial charge in [-0.3, -0.25) is 14.7 Å². The molecular formula is C18H22N4O. The van der Waals surface area contributed by atoms with E-state index in [0.717, 1.165) is 29.2 Å². The number of rotatable bonds is 4. The Morgan fingerprint density at radius 1 is 1.30 bits per heavy atom. The third kappa shape index (κ3) is 2.93. The Morgan fingerprint density at radius 2 is 2.13 bits per heavy atom. The minimum atomic E-state index is 0.174. The summed E-state index contributed by atoms with van der Waals surface area (Å²) >= 11 is 0. The number of carbonyl (C=O) groups is 1. The first-order chi connectivity index (χ1) is 11.2. The number of piperidine rings is 1. The second kappa shape index (κ2) is 5.89. The molecule has 5 heteroatoms. The van der Waals surface area contributed by atoms with Gasteiger partial charge in [0.15, 0.2) is 0 Å². The standard InChI is InChI=1S/C18H22N4O/c1-21(18(23)12-22-10-13-6-7-15(22)8-13)11-14-9-19-16-4-2-3-5-17(16)20-14/h2-5,9,13,15H,6-8,10-12H2,1H3/t13-,15+/m1/s1. The number of amides is 1. The van der Waals surface area contributed by atoms with Crippen molar-refractivity contribution in [3.05, 3.63) is 36.2 Å². The topological polar surface area (TPSA) is 49.3 Å². The second-order valence-electron chi connectivity index (χ2n) is 6.86. The van der Waals surface area contributed by atoms with Crippen molar-refractivity contribution in [3.8, 4) is 0 Å².